The zero-order valence-electron chi connectivity index (χ0n) is 17.5. The summed E-state index contributed by atoms with van der Waals surface area (Å²) in [5, 5.41) is 14.1. The number of ether oxygens (including phenoxy) is 1. The van der Waals surface area contributed by atoms with E-state index in [9.17, 15) is 24.0 Å². The molecule has 2 rings (SSSR count). The predicted molar refractivity (Wildman–Crippen MR) is 109 cm³/mol. The van der Waals surface area contributed by atoms with Crippen LogP contribution >= 0.6 is 0 Å². The molecule has 1 unspecified atom stereocenters. The summed E-state index contributed by atoms with van der Waals surface area (Å²) in [6.07, 6.45) is -0.0668. The van der Waals surface area contributed by atoms with Crippen LogP contribution in [0.5, 0.6) is 0 Å². The van der Waals surface area contributed by atoms with Gasteiger partial charge in [-0.05, 0) is 38.3 Å². The van der Waals surface area contributed by atoms with E-state index in [-0.39, 0.29) is 18.7 Å². The summed E-state index contributed by atoms with van der Waals surface area (Å²) >= 11 is 0. The summed E-state index contributed by atoms with van der Waals surface area (Å²) in [6, 6.07) is 6.38. The molecular formula is C21H27N3O7. The predicted octanol–water partition coefficient (Wildman–Crippen LogP) is 0.319. The third-order valence-electron chi connectivity index (χ3n) is 5.00. The Hall–Kier alpha value is -3.27. The fraction of sp³-hybridized carbons (Fsp3) is 0.476. The monoisotopic (exact) mass is 433 g/mol. The second kappa shape index (κ2) is 11.2. The first-order chi connectivity index (χ1) is 14.8. The molecule has 0 bridgehead atoms. The molecule has 1 aliphatic heterocycles. The first kappa shape index (κ1) is 24.0. The van der Waals surface area contributed by atoms with Gasteiger partial charge in [-0.15, -0.1) is 0 Å². The molecule has 0 aromatic heterocycles. The molecule has 3 atom stereocenters. The normalized spacial score (nSPS) is 17.9. The van der Waals surface area contributed by atoms with E-state index in [0.29, 0.717) is 24.9 Å². The largest absolute Gasteiger partial charge is 0.480 e. The van der Waals surface area contributed by atoms with Gasteiger partial charge in [0.15, 0.2) is 0 Å². The number of rotatable bonds is 11. The van der Waals surface area contributed by atoms with Gasteiger partial charge in [0.05, 0.1) is 6.42 Å². The van der Waals surface area contributed by atoms with E-state index in [4.69, 9.17) is 9.84 Å². The molecule has 1 aliphatic rings. The number of hydrogen-bond donors (Lipinski definition) is 3. The van der Waals surface area contributed by atoms with Crippen molar-refractivity contribution >= 4 is 29.6 Å². The number of hydrogen-bond acceptors (Lipinski definition) is 6. The third-order valence-corrected chi connectivity index (χ3v) is 5.00. The van der Waals surface area contributed by atoms with Crippen LogP contribution in [0.2, 0.25) is 0 Å². The highest BCUT2D eigenvalue weighted by molar-refractivity contribution is 6.08. The number of carboxylic acid groups (broad SMARTS) is 1. The summed E-state index contributed by atoms with van der Waals surface area (Å²) in [4.78, 5) is 61.4. The van der Waals surface area contributed by atoms with Crippen molar-refractivity contribution < 1.29 is 33.8 Å². The molecule has 3 N–H and O–H groups in total. The summed E-state index contributed by atoms with van der Waals surface area (Å²) in [5.74, 6) is -3.34. The van der Waals surface area contributed by atoms with Gasteiger partial charge in [-0.1, -0.05) is 18.2 Å². The molecule has 10 nitrogen and oxygen atoms in total. The smallest absolute Gasteiger partial charge is 0.325 e. The molecule has 4 amide bonds. The quantitative estimate of drug-likeness (QED) is 0.337. The van der Waals surface area contributed by atoms with Gasteiger partial charge in [-0.3, -0.25) is 28.9 Å². The molecule has 10 heteroatoms. The summed E-state index contributed by atoms with van der Waals surface area (Å²) < 4.78 is 5.00. The first-order valence-electron chi connectivity index (χ1n) is 10.0. The van der Waals surface area contributed by atoms with Crippen LogP contribution in [0.15, 0.2) is 30.3 Å². The van der Waals surface area contributed by atoms with E-state index in [2.05, 4.69) is 10.6 Å². The van der Waals surface area contributed by atoms with Gasteiger partial charge >= 0.3 is 5.97 Å². The number of likely N-dealkylation sites (tertiary alicyclic amines) is 1. The summed E-state index contributed by atoms with van der Waals surface area (Å²) in [5.41, 5.74) is 0.529. The lowest BCUT2D eigenvalue weighted by atomic mass is 10.1. The van der Waals surface area contributed by atoms with E-state index < -0.39 is 41.9 Å². The fourth-order valence-corrected chi connectivity index (χ4v) is 3.24. The lowest BCUT2D eigenvalue weighted by Crippen LogP contribution is -2.53. The average molecular weight is 433 g/mol. The Labute approximate surface area is 179 Å². The lowest BCUT2D eigenvalue weighted by molar-refractivity contribution is -0.150. The maximum atomic E-state index is 12.7. The minimum atomic E-state index is -1.23. The van der Waals surface area contributed by atoms with Crippen molar-refractivity contribution in [1.82, 2.24) is 15.5 Å². The molecule has 31 heavy (non-hydrogen) atoms. The van der Waals surface area contributed by atoms with Crippen LogP contribution in [0.3, 0.4) is 0 Å². The molecular weight excluding hydrogens is 406 g/mol. The SMILES string of the molecule is COC1CC(=O)N([C@@H](CCCCNC(=O)c2ccccc2)C(=O)N[C@@H](C)C(=O)O)C1=O. The molecule has 0 spiro atoms. The Morgan fingerprint density at radius 2 is 1.87 bits per heavy atom. The van der Waals surface area contributed by atoms with Crippen molar-refractivity contribution in [1.29, 1.82) is 0 Å². The van der Waals surface area contributed by atoms with Gasteiger partial charge in [0.1, 0.15) is 18.2 Å². The number of imide groups is 1. The number of nitrogens with one attached hydrogen (secondary N) is 2. The standard InChI is InChI=1S/C21H27N3O7/c1-13(21(29)30)23-19(27)15(24-17(25)12-16(31-2)20(24)28)10-6-7-11-22-18(26)14-8-4-3-5-9-14/h3-5,8-9,13,15-16H,6-7,10-12H2,1-2H3,(H,22,26)(H,23,27)(H,29,30)/t13-,15-,16?/m0/s1. The van der Waals surface area contributed by atoms with Crippen molar-refractivity contribution in [2.75, 3.05) is 13.7 Å². The Morgan fingerprint density at radius 3 is 2.45 bits per heavy atom. The van der Waals surface area contributed by atoms with Crippen molar-refractivity contribution in [3.63, 3.8) is 0 Å². The van der Waals surface area contributed by atoms with Crippen LogP contribution in [0, 0.1) is 0 Å². The molecule has 0 radical (unpaired) electrons. The highest BCUT2D eigenvalue weighted by Gasteiger charge is 2.45. The molecule has 1 heterocycles. The van der Waals surface area contributed by atoms with Crippen LogP contribution in [0.4, 0.5) is 0 Å². The van der Waals surface area contributed by atoms with Crippen LogP contribution < -0.4 is 10.6 Å². The van der Waals surface area contributed by atoms with E-state index in [0.717, 1.165) is 4.90 Å². The Balaban J connectivity index is 1.96. The molecule has 168 valence electrons. The maximum absolute atomic E-state index is 12.7. The zero-order chi connectivity index (χ0) is 23.0. The summed E-state index contributed by atoms with van der Waals surface area (Å²) in [6.45, 7) is 1.64. The number of benzene rings is 1. The van der Waals surface area contributed by atoms with E-state index in [1.165, 1.54) is 14.0 Å². The number of carboxylic acids is 1. The minimum absolute atomic E-state index is 0.132. The van der Waals surface area contributed by atoms with Gasteiger partial charge in [0.25, 0.3) is 11.8 Å². The van der Waals surface area contributed by atoms with Crippen LogP contribution in [0.1, 0.15) is 43.0 Å². The summed E-state index contributed by atoms with van der Waals surface area (Å²) in [7, 11) is 1.30. The second-order valence-electron chi connectivity index (χ2n) is 7.23. The molecule has 0 aliphatic carbocycles. The van der Waals surface area contributed by atoms with Crippen molar-refractivity contribution in [2.24, 2.45) is 0 Å². The van der Waals surface area contributed by atoms with Crippen molar-refractivity contribution in [3.8, 4) is 0 Å². The number of carbonyl (C=O) groups is 5. The lowest BCUT2D eigenvalue weighted by Gasteiger charge is -2.26. The number of aliphatic carboxylic acids is 1. The Morgan fingerprint density at radius 1 is 1.19 bits per heavy atom. The first-order valence-corrected chi connectivity index (χ1v) is 10.0. The van der Waals surface area contributed by atoms with E-state index in [1.54, 1.807) is 24.3 Å². The number of methoxy groups -OCH3 is 1. The fourth-order valence-electron chi connectivity index (χ4n) is 3.24. The van der Waals surface area contributed by atoms with Gasteiger partial charge < -0.3 is 20.5 Å². The highest BCUT2D eigenvalue weighted by atomic mass is 16.5. The highest BCUT2D eigenvalue weighted by Crippen LogP contribution is 2.22. The number of carbonyl (C=O) groups excluding carboxylic acids is 4. The van der Waals surface area contributed by atoms with Crippen LogP contribution in [-0.4, -0.2) is 71.4 Å². The molecule has 1 fully saturated rings. The van der Waals surface area contributed by atoms with Crippen LogP contribution in [0.25, 0.3) is 0 Å². The van der Waals surface area contributed by atoms with Crippen LogP contribution in [-0.2, 0) is 23.9 Å². The zero-order valence-corrected chi connectivity index (χ0v) is 17.5. The molecule has 1 aromatic rings. The minimum Gasteiger partial charge on any atom is -0.480 e. The van der Waals surface area contributed by atoms with E-state index in [1.807, 2.05) is 6.07 Å². The number of nitrogens with zero attached hydrogens (tertiary/aromatic N) is 1. The van der Waals surface area contributed by atoms with Gasteiger partial charge in [0, 0.05) is 19.2 Å². The molecule has 1 saturated heterocycles. The number of unbranched alkanes of at least 4 members (excludes halogenated alkanes) is 1. The third kappa shape index (κ3) is 6.35. The molecule has 1 aromatic carbocycles. The number of amides is 4. The van der Waals surface area contributed by atoms with Gasteiger partial charge in [-0.2, -0.15) is 0 Å². The maximum Gasteiger partial charge on any atom is 0.325 e. The molecule has 0 saturated carbocycles. The van der Waals surface area contributed by atoms with Gasteiger partial charge in [-0.25, -0.2) is 0 Å². The second-order valence-corrected chi connectivity index (χ2v) is 7.23. The Bertz CT molecular complexity index is 828. The average Bonchev–Trinajstić information content (AvgIpc) is 3.04. The van der Waals surface area contributed by atoms with Gasteiger partial charge in [0.2, 0.25) is 11.8 Å². The van der Waals surface area contributed by atoms with E-state index >= 15 is 0 Å². The topological polar surface area (TPSA) is 142 Å². The Kier molecular flexibility index (Phi) is 8.68. The van der Waals surface area contributed by atoms with Crippen molar-refractivity contribution in [3.05, 3.63) is 35.9 Å². The van der Waals surface area contributed by atoms with Crippen molar-refractivity contribution in [2.45, 2.75) is 50.8 Å².